The number of nitrogens with one attached hydrogen (secondary N) is 3. The summed E-state index contributed by atoms with van der Waals surface area (Å²) in [5.74, 6) is 0. The Balaban J connectivity index is 1.77. The van der Waals surface area contributed by atoms with E-state index < -0.39 is 0 Å². The minimum atomic E-state index is -0.315. The molecule has 0 fully saturated rings. The predicted molar refractivity (Wildman–Crippen MR) is 97.6 cm³/mol. The van der Waals surface area contributed by atoms with Gasteiger partial charge in [-0.25, -0.2) is 10.2 Å². The van der Waals surface area contributed by atoms with Crippen molar-refractivity contribution in [3.63, 3.8) is 0 Å². The molecule has 5 heteroatoms. The average Bonchev–Trinajstić information content (AvgIpc) is 2.99. The number of benzene rings is 1. The van der Waals surface area contributed by atoms with Gasteiger partial charge in [0.1, 0.15) is 0 Å². The number of para-hydroxylation sites is 1. The number of anilines is 1. The van der Waals surface area contributed by atoms with Crippen molar-refractivity contribution in [1.82, 2.24) is 10.4 Å². The van der Waals surface area contributed by atoms with Gasteiger partial charge >= 0.3 is 6.03 Å². The van der Waals surface area contributed by atoms with Crippen LogP contribution >= 0.6 is 0 Å². The lowest BCUT2D eigenvalue weighted by Gasteiger charge is -2.16. The minimum Gasteiger partial charge on any atom is -0.361 e. The number of aromatic amines is 1. The maximum atomic E-state index is 12.0. The van der Waals surface area contributed by atoms with Crippen molar-refractivity contribution in [2.45, 2.75) is 46.0 Å². The van der Waals surface area contributed by atoms with E-state index in [4.69, 9.17) is 0 Å². The van der Waals surface area contributed by atoms with Crippen molar-refractivity contribution < 1.29 is 4.79 Å². The number of fused-ring (bicyclic) bond motifs is 1. The van der Waals surface area contributed by atoms with Crippen molar-refractivity contribution in [3.8, 4) is 0 Å². The Morgan fingerprint density at radius 3 is 2.67 bits per heavy atom. The summed E-state index contributed by atoms with van der Waals surface area (Å²) >= 11 is 0. The zero-order valence-corrected chi connectivity index (χ0v) is 14.3. The molecule has 2 amide bonds. The molecule has 0 unspecified atom stereocenters. The number of rotatable bonds is 4. The molecule has 24 heavy (non-hydrogen) atoms. The molecule has 1 aromatic heterocycles. The molecule has 1 aromatic carbocycles. The third-order valence-electron chi connectivity index (χ3n) is 4.43. The van der Waals surface area contributed by atoms with Crippen molar-refractivity contribution in [2.75, 3.05) is 5.32 Å². The topological polar surface area (TPSA) is 69.3 Å². The Labute approximate surface area is 142 Å². The molecule has 0 aliphatic heterocycles. The second-order valence-electron chi connectivity index (χ2n) is 5.99. The van der Waals surface area contributed by atoms with E-state index in [1.54, 1.807) is 0 Å². The van der Waals surface area contributed by atoms with Gasteiger partial charge < -0.3 is 10.3 Å². The highest BCUT2D eigenvalue weighted by molar-refractivity contribution is 6.04. The molecular formula is C19H24N4O. The maximum Gasteiger partial charge on any atom is 0.339 e. The summed E-state index contributed by atoms with van der Waals surface area (Å²) in [5.41, 5.74) is 9.50. The molecule has 3 N–H and O–H groups in total. The fraction of sp³-hybridized carbons (Fsp3) is 0.368. The molecule has 0 spiro atoms. The lowest BCUT2D eigenvalue weighted by atomic mass is 9.91. The van der Waals surface area contributed by atoms with Gasteiger partial charge in [-0.15, -0.1) is 0 Å². The lowest BCUT2D eigenvalue weighted by Crippen LogP contribution is -2.26. The summed E-state index contributed by atoms with van der Waals surface area (Å²) < 4.78 is 0. The van der Waals surface area contributed by atoms with Crippen molar-refractivity contribution >= 4 is 17.4 Å². The van der Waals surface area contributed by atoms with E-state index in [0.29, 0.717) is 0 Å². The Hall–Kier alpha value is -2.56. The quantitative estimate of drug-likeness (QED) is 0.731. The van der Waals surface area contributed by atoms with E-state index in [1.807, 2.05) is 30.3 Å². The van der Waals surface area contributed by atoms with Crippen LogP contribution in [0.3, 0.4) is 0 Å². The second kappa shape index (κ2) is 7.34. The van der Waals surface area contributed by atoms with Gasteiger partial charge in [0.2, 0.25) is 0 Å². The number of urea groups is 1. The van der Waals surface area contributed by atoms with Crippen LogP contribution in [0.15, 0.2) is 35.4 Å². The van der Waals surface area contributed by atoms with Gasteiger partial charge in [0.05, 0.1) is 5.71 Å². The van der Waals surface area contributed by atoms with Gasteiger partial charge in [0.25, 0.3) is 0 Å². The Morgan fingerprint density at radius 2 is 1.96 bits per heavy atom. The normalized spacial score (nSPS) is 15.2. The summed E-state index contributed by atoms with van der Waals surface area (Å²) in [6, 6.07) is 9.06. The van der Waals surface area contributed by atoms with Crippen molar-refractivity contribution in [3.05, 3.63) is 52.8 Å². The summed E-state index contributed by atoms with van der Waals surface area (Å²) in [6.07, 6.45) is 4.97. The molecule has 0 bridgehead atoms. The molecule has 3 rings (SSSR count). The summed E-state index contributed by atoms with van der Waals surface area (Å²) in [6.45, 7) is 4.34. The Bertz CT molecular complexity index is 746. The van der Waals surface area contributed by atoms with Gasteiger partial charge in [-0.1, -0.05) is 32.0 Å². The molecule has 1 aliphatic carbocycles. The molecule has 1 aliphatic rings. The van der Waals surface area contributed by atoms with E-state index in [2.05, 4.69) is 34.7 Å². The second-order valence-corrected chi connectivity index (χ2v) is 5.99. The van der Waals surface area contributed by atoms with Crippen LogP contribution in [-0.4, -0.2) is 16.7 Å². The maximum absolute atomic E-state index is 12.0. The largest absolute Gasteiger partial charge is 0.361 e. The highest BCUT2D eigenvalue weighted by atomic mass is 16.2. The van der Waals surface area contributed by atoms with E-state index in [0.717, 1.165) is 43.5 Å². The van der Waals surface area contributed by atoms with Crippen LogP contribution < -0.4 is 10.7 Å². The number of carbonyl (C=O) groups excluding carboxylic acids is 1. The first-order valence-electron chi connectivity index (χ1n) is 8.64. The lowest BCUT2D eigenvalue weighted by molar-refractivity contribution is 0.252. The van der Waals surface area contributed by atoms with Gasteiger partial charge in [-0.3, -0.25) is 0 Å². The molecule has 0 radical (unpaired) electrons. The SMILES string of the molecule is CCc1[nH]c2c(c1CC)/C(=N/NC(=O)Nc1ccccc1)CCC2. The smallest absolute Gasteiger partial charge is 0.339 e. The summed E-state index contributed by atoms with van der Waals surface area (Å²) in [5, 5.41) is 7.20. The van der Waals surface area contributed by atoms with Crippen LogP contribution in [0.25, 0.3) is 0 Å². The van der Waals surface area contributed by atoms with Gasteiger partial charge in [-0.05, 0) is 49.8 Å². The number of aryl methyl sites for hydroxylation is 2. The van der Waals surface area contributed by atoms with E-state index >= 15 is 0 Å². The number of aromatic nitrogens is 1. The van der Waals surface area contributed by atoms with Crippen LogP contribution in [0, 0.1) is 0 Å². The van der Waals surface area contributed by atoms with Crippen LogP contribution in [-0.2, 0) is 19.3 Å². The molecule has 0 atom stereocenters. The molecule has 1 heterocycles. The zero-order valence-electron chi connectivity index (χ0n) is 14.3. The molecule has 0 saturated carbocycles. The standard InChI is InChI=1S/C19H24N4O/c1-3-14-15(4-2)21-16-11-8-12-17(18(14)16)22-23-19(24)20-13-9-6-5-7-10-13/h5-7,9-10,21H,3-4,8,11-12H2,1-2H3,(H2,20,23,24)/b22-17+. The first-order chi connectivity index (χ1) is 11.7. The molecule has 0 saturated heterocycles. The number of amides is 2. The summed E-state index contributed by atoms with van der Waals surface area (Å²) in [7, 11) is 0. The fourth-order valence-electron chi connectivity index (χ4n) is 3.35. The average molecular weight is 324 g/mol. The van der Waals surface area contributed by atoms with E-state index in [1.165, 1.54) is 22.5 Å². The molecule has 5 nitrogen and oxygen atoms in total. The minimum absolute atomic E-state index is 0.315. The Morgan fingerprint density at radius 1 is 1.17 bits per heavy atom. The zero-order chi connectivity index (χ0) is 16.9. The Kier molecular flexibility index (Phi) is 4.99. The highest BCUT2D eigenvalue weighted by Crippen LogP contribution is 2.28. The molecular weight excluding hydrogens is 300 g/mol. The first kappa shape index (κ1) is 16.3. The van der Waals surface area contributed by atoms with E-state index in [9.17, 15) is 4.79 Å². The number of hydrazone groups is 1. The predicted octanol–water partition coefficient (Wildman–Crippen LogP) is 4.00. The summed E-state index contributed by atoms with van der Waals surface area (Å²) in [4.78, 5) is 15.6. The third kappa shape index (κ3) is 3.35. The number of nitrogens with zero attached hydrogens (tertiary/aromatic N) is 1. The molecule has 2 aromatic rings. The van der Waals surface area contributed by atoms with Crippen LogP contribution in [0.2, 0.25) is 0 Å². The van der Waals surface area contributed by atoms with Crippen molar-refractivity contribution in [1.29, 1.82) is 0 Å². The van der Waals surface area contributed by atoms with Crippen LogP contribution in [0.1, 0.15) is 49.2 Å². The van der Waals surface area contributed by atoms with E-state index in [-0.39, 0.29) is 6.03 Å². The van der Waals surface area contributed by atoms with Gasteiger partial charge in [-0.2, -0.15) is 5.10 Å². The number of H-pyrrole nitrogens is 1. The van der Waals surface area contributed by atoms with Crippen LogP contribution in [0.5, 0.6) is 0 Å². The molecule has 126 valence electrons. The van der Waals surface area contributed by atoms with Gasteiger partial charge in [0, 0.05) is 22.6 Å². The highest BCUT2D eigenvalue weighted by Gasteiger charge is 2.23. The first-order valence-corrected chi connectivity index (χ1v) is 8.64. The fourth-order valence-corrected chi connectivity index (χ4v) is 3.35. The van der Waals surface area contributed by atoms with Gasteiger partial charge in [0.15, 0.2) is 0 Å². The number of carbonyl (C=O) groups is 1. The monoisotopic (exact) mass is 324 g/mol. The number of hydrogen-bond donors (Lipinski definition) is 3. The number of hydrogen-bond acceptors (Lipinski definition) is 2. The van der Waals surface area contributed by atoms with Crippen molar-refractivity contribution in [2.24, 2.45) is 5.10 Å². The van der Waals surface area contributed by atoms with Crippen LogP contribution in [0.4, 0.5) is 10.5 Å². The third-order valence-corrected chi connectivity index (χ3v) is 4.43.